The van der Waals surface area contributed by atoms with Crippen LogP contribution in [0.4, 0.5) is 0 Å². The molecule has 0 aliphatic rings. The van der Waals surface area contributed by atoms with Crippen molar-refractivity contribution in [1.82, 2.24) is 0 Å². The highest BCUT2D eigenvalue weighted by atomic mass is 14.2. The third-order valence-electron chi connectivity index (χ3n) is 4.67. The van der Waals surface area contributed by atoms with Crippen molar-refractivity contribution in [3.05, 3.63) is 59.8 Å². The molecule has 0 aliphatic carbocycles. The zero-order valence-corrected chi connectivity index (χ0v) is 17.1. The molecule has 0 amide bonds. The number of hydrogen-bond donors (Lipinski definition) is 0. The SMILES string of the molecule is C=CC(C)CCC(CC=C(C)CCC=CC)C(C)=CCC=C(C)C. The Morgan fingerprint density at radius 3 is 2.29 bits per heavy atom. The average Bonchev–Trinajstić information content (AvgIpc) is 2.54. The second kappa shape index (κ2) is 14.1. The van der Waals surface area contributed by atoms with Crippen LogP contribution in [-0.4, -0.2) is 0 Å². The minimum atomic E-state index is 0.609. The van der Waals surface area contributed by atoms with E-state index in [1.165, 1.54) is 36.8 Å². The van der Waals surface area contributed by atoms with Crippen LogP contribution in [0.3, 0.4) is 0 Å². The zero-order chi connectivity index (χ0) is 18.4. The molecule has 0 rings (SSSR count). The Bertz CT molecular complexity index is 452. The standard InChI is InChI=1S/C24H40/c1-8-10-11-14-22(6)17-19-24(18-16-21(5)9-2)23(7)15-12-13-20(3)4/h8-10,13,15,17,21,24H,2,11-12,14,16,18-19H2,1,3-7H3. The second-order valence-electron chi connectivity index (χ2n) is 7.35. The van der Waals surface area contributed by atoms with Gasteiger partial charge in [-0.3, -0.25) is 0 Å². The minimum absolute atomic E-state index is 0.609. The van der Waals surface area contributed by atoms with Crippen molar-refractivity contribution in [3.63, 3.8) is 0 Å². The largest absolute Gasteiger partial charge is 0.103 e. The van der Waals surface area contributed by atoms with Gasteiger partial charge in [0.1, 0.15) is 0 Å². The van der Waals surface area contributed by atoms with Crippen molar-refractivity contribution in [3.8, 4) is 0 Å². The Morgan fingerprint density at radius 1 is 1.00 bits per heavy atom. The van der Waals surface area contributed by atoms with E-state index in [-0.39, 0.29) is 0 Å². The van der Waals surface area contributed by atoms with Gasteiger partial charge in [-0.2, -0.15) is 0 Å². The lowest BCUT2D eigenvalue weighted by Crippen LogP contribution is -2.04. The van der Waals surface area contributed by atoms with Gasteiger partial charge in [-0.05, 0) is 85.0 Å². The molecule has 24 heavy (non-hydrogen) atoms. The summed E-state index contributed by atoms with van der Waals surface area (Å²) in [6.07, 6.45) is 20.7. The maximum Gasteiger partial charge on any atom is -0.0164 e. The van der Waals surface area contributed by atoms with Crippen molar-refractivity contribution in [2.45, 2.75) is 80.1 Å². The number of allylic oxidation sites excluding steroid dienone is 9. The summed E-state index contributed by atoms with van der Waals surface area (Å²) in [7, 11) is 0. The molecule has 0 bridgehead atoms. The first-order chi connectivity index (χ1) is 11.4. The van der Waals surface area contributed by atoms with Crippen molar-refractivity contribution < 1.29 is 0 Å². The Kier molecular flexibility index (Phi) is 13.3. The predicted molar refractivity (Wildman–Crippen MR) is 112 cm³/mol. The molecule has 0 saturated carbocycles. The fourth-order valence-electron chi connectivity index (χ4n) is 2.68. The smallest absolute Gasteiger partial charge is 0.0164 e. The predicted octanol–water partition coefficient (Wildman–Crippen LogP) is 8.20. The van der Waals surface area contributed by atoms with E-state index in [2.05, 4.69) is 84.6 Å². The quantitative estimate of drug-likeness (QED) is 0.317. The summed E-state index contributed by atoms with van der Waals surface area (Å²) >= 11 is 0. The van der Waals surface area contributed by atoms with Crippen molar-refractivity contribution in [2.24, 2.45) is 11.8 Å². The summed E-state index contributed by atoms with van der Waals surface area (Å²) in [6, 6.07) is 0. The molecular formula is C24H40. The monoisotopic (exact) mass is 328 g/mol. The van der Waals surface area contributed by atoms with Crippen LogP contribution in [0.25, 0.3) is 0 Å². The van der Waals surface area contributed by atoms with E-state index in [9.17, 15) is 0 Å². The average molecular weight is 329 g/mol. The molecule has 0 nitrogen and oxygen atoms in total. The van der Waals surface area contributed by atoms with E-state index in [0.29, 0.717) is 11.8 Å². The highest BCUT2D eigenvalue weighted by Gasteiger charge is 2.11. The summed E-state index contributed by atoms with van der Waals surface area (Å²) < 4.78 is 0. The van der Waals surface area contributed by atoms with Crippen LogP contribution in [0, 0.1) is 11.8 Å². The van der Waals surface area contributed by atoms with Gasteiger partial charge in [0, 0.05) is 0 Å². The van der Waals surface area contributed by atoms with Gasteiger partial charge in [-0.1, -0.05) is 60.1 Å². The second-order valence-corrected chi connectivity index (χ2v) is 7.35. The van der Waals surface area contributed by atoms with Gasteiger partial charge in [0.15, 0.2) is 0 Å². The van der Waals surface area contributed by atoms with Crippen LogP contribution in [0.2, 0.25) is 0 Å². The van der Waals surface area contributed by atoms with E-state index >= 15 is 0 Å². The molecule has 2 unspecified atom stereocenters. The van der Waals surface area contributed by atoms with Gasteiger partial charge in [0.2, 0.25) is 0 Å². The topological polar surface area (TPSA) is 0 Å². The van der Waals surface area contributed by atoms with E-state index in [1.807, 2.05) is 0 Å². The highest BCUT2D eigenvalue weighted by molar-refractivity contribution is 5.11. The van der Waals surface area contributed by atoms with Crippen LogP contribution >= 0.6 is 0 Å². The lowest BCUT2D eigenvalue weighted by molar-refractivity contribution is 0.491. The Balaban J connectivity index is 4.81. The third-order valence-corrected chi connectivity index (χ3v) is 4.67. The molecule has 0 heteroatoms. The highest BCUT2D eigenvalue weighted by Crippen LogP contribution is 2.25. The van der Waals surface area contributed by atoms with E-state index < -0.39 is 0 Å². The molecular weight excluding hydrogens is 288 g/mol. The molecule has 0 aromatic carbocycles. The Labute approximate surface area is 152 Å². The molecule has 2 atom stereocenters. The van der Waals surface area contributed by atoms with Crippen molar-refractivity contribution >= 4 is 0 Å². The van der Waals surface area contributed by atoms with Crippen LogP contribution in [0.15, 0.2) is 59.8 Å². The summed E-state index contributed by atoms with van der Waals surface area (Å²) in [5.74, 6) is 1.27. The molecule has 0 heterocycles. The molecule has 0 fully saturated rings. The van der Waals surface area contributed by atoms with Crippen LogP contribution in [0.1, 0.15) is 80.1 Å². The van der Waals surface area contributed by atoms with Gasteiger partial charge in [-0.25, -0.2) is 0 Å². The summed E-state index contributed by atoms with van der Waals surface area (Å²) in [4.78, 5) is 0. The molecule has 0 radical (unpaired) electrons. The summed E-state index contributed by atoms with van der Waals surface area (Å²) in [5, 5.41) is 0. The summed E-state index contributed by atoms with van der Waals surface area (Å²) in [6.45, 7) is 17.2. The van der Waals surface area contributed by atoms with Gasteiger partial charge >= 0.3 is 0 Å². The van der Waals surface area contributed by atoms with Gasteiger partial charge in [0.05, 0.1) is 0 Å². The zero-order valence-electron chi connectivity index (χ0n) is 17.1. The lowest BCUT2D eigenvalue weighted by Gasteiger charge is -2.18. The normalized spacial score (nSPS) is 15.4. The van der Waals surface area contributed by atoms with E-state index in [1.54, 1.807) is 5.57 Å². The minimum Gasteiger partial charge on any atom is -0.103 e. The fourth-order valence-corrected chi connectivity index (χ4v) is 2.68. The summed E-state index contributed by atoms with van der Waals surface area (Å²) in [5.41, 5.74) is 4.46. The molecule has 0 aromatic heterocycles. The van der Waals surface area contributed by atoms with Crippen LogP contribution in [0.5, 0.6) is 0 Å². The first-order valence-corrected chi connectivity index (χ1v) is 9.60. The van der Waals surface area contributed by atoms with E-state index in [4.69, 9.17) is 0 Å². The Morgan fingerprint density at radius 2 is 1.71 bits per heavy atom. The molecule has 0 aliphatic heterocycles. The van der Waals surface area contributed by atoms with Gasteiger partial charge in [0.25, 0.3) is 0 Å². The van der Waals surface area contributed by atoms with Crippen molar-refractivity contribution in [1.29, 1.82) is 0 Å². The molecule has 0 saturated heterocycles. The molecule has 136 valence electrons. The first kappa shape index (κ1) is 22.7. The maximum atomic E-state index is 3.93. The van der Waals surface area contributed by atoms with Crippen LogP contribution in [-0.2, 0) is 0 Å². The molecule has 0 N–H and O–H groups in total. The first-order valence-electron chi connectivity index (χ1n) is 9.60. The van der Waals surface area contributed by atoms with E-state index in [0.717, 1.165) is 12.8 Å². The fraction of sp³-hybridized carbons (Fsp3) is 0.583. The Hall–Kier alpha value is -1.30. The van der Waals surface area contributed by atoms with Gasteiger partial charge in [-0.15, -0.1) is 6.58 Å². The number of rotatable bonds is 12. The number of hydrogen-bond acceptors (Lipinski definition) is 0. The molecule has 0 spiro atoms. The van der Waals surface area contributed by atoms with Gasteiger partial charge < -0.3 is 0 Å². The maximum absolute atomic E-state index is 3.93. The molecule has 0 aromatic rings. The van der Waals surface area contributed by atoms with Crippen LogP contribution < -0.4 is 0 Å². The lowest BCUT2D eigenvalue weighted by atomic mass is 9.87. The van der Waals surface area contributed by atoms with Crippen molar-refractivity contribution in [2.75, 3.05) is 0 Å². The third kappa shape index (κ3) is 12.2.